The van der Waals surface area contributed by atoms with E-state index in [-0.39, 0.29) is 12.0 Å². The van der Waals surface area contributed by atoms with Crippen molar-refractivity contribution in [2.24, 2.45) is 17.4 Å². The van der Waals surface area contributed by atoms with Crippen LogP contribution in [0.1, 0.15) is 67.8 Å². The van der Waals surface area contributed by atoms with Gasteiger partial charge < -0.3 is 11.5 Å². The zero-order chi connectivity index (χ0) is 36.5. The maximum atomic E-state index is 7.11. The van der Waals surface area contributed by atoms with Crippen LogP contribution in [0.5, 0.6) is 0 Å². The molecule has 0 saturated heterocycles. The van der Waals surface area contributed by atoms with Crippen molar-refractivity contribution in [2.45, 2.75) is 56.7 Å². The maximum Gasteiger partial charge on any atom is 0.0780 e. The van der Waals surface area contributed by atoms with Crippen LogP contribution in [0.3, 0.4) is 0 Å². The van der Waals surface area contributed by atoms with E-state index in [0.717, 1.165) is 12.0 Å². The average Bonchev–Trinajstić information content (AvgIpc) is 3.58. The molecule has 3 nitrogen and oxygen atoms in total. The van der Waals surface area contributed by atoms with E-state index in [1.807, 2.05) is 32.1 Å². The largest absolute Gasteiger partial charge is 0.330 e. The number of benzene rings is 3. The highest BCUT2D eigenvalue weighted by Gasteiger charge is 2.39. The highest BCUT2D eigenvalue weighted by atomic mass is 127. The van der Waals surface area contributed by atoms with Gasteiger partial charge in [0.1, 0.15) is 0 Å². The lowest BCUT2D eigenvalue weighted by atomic mass is 9.64. The van der Waals surface area contributed by atoms with Crippen LogP contribution in [0, 0.1) is 5.92 Å². The lowest BCUT2D eigenvalue weighted by molar-refractivity contribution is 0.243. The summed E-state index contributed by atoms with van der Waals surface area (Å²) in [6, 6.07) is 30.5. The third-order valence-electron chi connectivity index (χ3n) is 9.38. The molecule has 3 atom stereocenters. The normalized spacial score (nSPS) is 17.1. The highest BCUT2D eigenvalue weighted by Crippen LogP contribution is 2.46. The molecule has 51 heavy (non-hydrogen) atoms. The molecule has 0 fully saturated rings. The molecule has 4 heteroatoms. The number of allylic oxidation sites excluding steroid dienone is 10. The molecule has 3 aromatic rings. The van der Waals surface area contributed by atoms with Crippen LogP contribution in [-0.2, 0) is 5.41 Å². The predicted molar refractivity (Wildman–Crippen MR) is 235 cm³/mol. The van der Waals surface area contributed by atoms with Gasteiger partial charge in [0.15, 0.2) is 0 Å². The minimum Gasteiger partial charge on any atom is -0.330 e. The quantitative estimate of drug-likeness (QED) is 0.0445. The number of nitrogens with two attached hydrogens (primary N) is 2. The summed E-state index contributed by atoms with van der Waals surface area (Å²) in [4.78, 5) is 0. The minimum absolute atomic E-state index is 0.151. The van der Waals surface area contributed by atoms with Crippen molar-refractivity contribution < 1.29 is 0 Å². The molecule has 266 valence electrons. The second-order valence-electron chi connectivity index (χ2n) is 12.4. The van der Waals surface area contributed by atoms with Crippen molar-refractivity contribution in [3.05, 3.63) is 203 Å². The first kappa shape index (κ1) is 39.7. The van der Waals surface area contributed by atoms with Gasteiger partial charge in [0.05, 0.1) is 17.1 Å². The molecular weight excluding hydrogens is 733 g/mol. The average molecular weight is 790 g/mol. The van der Waals surface area contributed by atoms with E-state index in [1.165, 1.54) is 38.7 Å². The Labute approximate surface area is 314 Å². The summed E-state index contributed by atoms with van der Waals surface area (Å²) in [6.07, 6.45) is 27.2. The van der Waals surface area contributed by atoms with Gasteiger partial charge >= 0.3 is 0 Å². The summed E-state index contributed by atoms with van der Waals surface area (Å²) in [6.45, 7) is 16.6. The maximum absolute atomic E-state index is 7.11. The van der Waals surface area contributed by atoms with Crippen LogP contribution >= 0.6 is 18.9 Å². The molecule has 0 spiro atoms. The Balaban J connectivity index is 0.00000286. The Kier molecular flexibility index (Phi) is 15.6. The predicted octanol–water partition coefficient (Wildman–Crippen LogP) is 10.6. The van der Waals surface area contributed by atoms with Crippen LogP contribution in [0.4, 0.5) is 0 Å². The second kappa shape index (κ2) is 20.1. The molecule has 3 unspecified atom stereocenters. The molecule has 2 aliphatic rings. The number of nitrogens with one attached hydrogen (secondary N) is 1. The van der Waals surface area contributed by atoms with E-state index >= 15 is 0 Å². The Hall–Kier alpha value is -4.07. The zero-order valence-corrected chi connectivity index (χ0v) is 32.6. The summed E-state index contributed by atoms with van der Waals surface area (Å²) >= 11 is -1.37. The lowest BCUT2D eigenvalue weighted by Gasteiger charge is -2.39. The lowest BCUT2D eigenvalue weighted by Crippen LogP contribution is -2.60. The van der Waals surface area contributed by atoms with Gasteiger partial charge in [-0.2, -0.15) is 0 Å². The molecule has 0 radical (unpaired) electrons. The minimum atomic E-state index is -1.37. The SMILES string of the molecule is C=CCC(N)(NC(/C=C/C=C(\C=C)I1=CCCC=1)c1ccc(C(C2=CCC=CC=C2)(c2ccccc2)c2ccccc2)cc1)C(C=C)CN.CC. The molecule has 3 aromatic carbocycles. The first-order chi connectivity index (χ1) is 25.0. The van der Waals surface area contributed by atoms with Gasteiger partial charge in [-0.15, -0.1) is 32.0 Å². The number of hydrogen-bond acceptors (Lipinski definition) is 3. The van der Waals surface area contributed by atoms with E-state index in [1.54, 1.807) is 0 Å². The van der Waals surface area contributed by atoms with Gasteiger partial charge in [-0.3, -0.25) is 5.32 Å². The molecule has 0 bridgehead atoms. The van der Waals surface area contributed by atoms with Crippen LogP contribution in [0.15, 0.2) is 181 Å². The summed E-state index contributed by atoms with van der Waals surface area (Å²) in [5, 5.41) is 3.78. The fourth-order valence-corrected chi connectivity index (χ4v) is 11.4. The van der Waals surface area contributed by atoms with Crippen LogP contribution in [0.2, 0.25) is 0 Å². The van der Waals surface area contributed by atoms with Crippen molar-refractivity contribution in [1.29, 1.82) is 0 Å². The molecule has 0 aromatic heterocycles. The Morgan fingerprint density at radius 1 is 0.863 bits per heavy atom. The molecule has 1 aliphatic carbocycles. The first-order valence-electron chi connectivity index (χ1n) is 18.1. The van der Waals surface area contributed by atoms with E-state index in [4.69, 9.17) is 11.5 Å². The van der Waals surface area contributed by atoms with Crippen molar-refractivity contribution in [2.75, 3.05) is 6.54 Å². The van der Waals surface area contributed by atoms with Crippen LogP contribution < -0.4 is 16.8 Å². The molecule has 0 saturated carbocycles. The summed E-state index contributed by atoms with van der Waals surface area (Å²) in [7, 11) is 0. The van der Waals surface area contributed by atoms with Crippen molar-refractivity contribution >= 4 is 26.9 Å². The van der Waals surface area contributed by atoms with Crippen LogP contribution in [-0.4, -0.2) is 20.2 Å². The monoisotopic (exact) mass is 789 g/mol. The van der Waals surface area contributed by atoms with Gasteiger partial charge in [-0.05, 0) is 59.6 Å². The fourth-order valence-electron chi connectivity index (χ4n) is 6.87. The molecule has 5 rings (SSSR count). The third kappa shape index (κ3) is 9.43. The topological polar surface area (TPSA) is 64.1 Å². The third-order valence-corrected chi connectivity index (χ3v) is 14.8. The van der Waals surface area contributed by atoms with E-state index in [9.17, 15) is 0 Å². The molecule has 1 heterocycles. The van der Waals surface area contributed by atoms with Crippen molar-refractivity contribution in [1.82, 2.24) is 5.32 Å². The zero-order valence-electron chi connectivity index (χ0n) is 30.4. The number of halogens is 1. The van der Waals surface area contributed by atoms with Gasteiger partial charge in [-0.25, -0.2) is 0 Å². The van der Waals surface area contributed by atoms with E-state index < -0.39 is 29.9 Å². The summed E-state index contributed by atoms with van der Waals surface area (Å²) in [5.41, 5.74) is 18.0. The van der Waals surface area contributed by atoms with E-state index in [0.29, 0.717) is 13.0 Å². The molecule has 1 aliphatic heterocycles. The Morgan fingerprint density at radius 2 is 1.47 bits per heavy atom. The smallest absolute Gasteiger partial charge is 0.0780 e. The van der Waals surface area contributed by atoms with Crippen molar-refractivity contribution in [3.63, 3.8) is 0 Å². The standard InChI is InChI=1S/C45H50IN3.C2H6/c1-4-32-44(48,37(5-2)35-47)49-43(27-19-26-42(6-3)46-33-17-18-34-46)36-28-30-41(31-29-36)45(39-22-13-9-14-23-39,40-24-15-10-16-25-40)38-20-11-7-8-12-21-38;1-2/h4-11,13-16,19-31,33-34,37,43,49H,1-3,12,17-18,32,35,47-48H2;1-2H3/b27-19+,42-26+;. The molecule has 5 N–H and O–H groups in total. The van der Waals surface area contributed by atoms with Gasteiger partial charge in [0.25, 0.3) is 0 Å². The van der Waals surface area contributed by atoms with Crippen molar-refractivity contribution in [3.8, 4) is 0 Å². The van der Waals surface area contributed by atoms with Gasteiger partial charge in [0.2, 0.25) is 0 Å². The van der Waals surface area contributed by atoms with Gasteiger partial charge in [-0.1, -0.05) is 174 Å². The number of rotatable bonds is 16. The molecular formula is C47H56IN3. The Bertz CT molecular complexity index is 1780. The fraction of sp³-hybridized carbons (Fsp3) is 0.234. The second-order valence-corrected chi connectivity index (χ2v) is 17.4. The molecule has 0 amide bonds. The number of hydrogen-bond donors (Lipinski definition) is 3. The highest BCUT2D eigenvalue weighted by molar-refractivity contribution is 14.2. The first-order valence-corrected chi connectivity index (χ1v) is 21.7. The van der Waals surface area contributed by atoms with Gasteiger partial charge in [0, 0.05) is 16.0 Å². The van der Waals surface area contributed by atoms with E-state index in [2.05, 4.69) is 167 Å². The van der Waals surface area contributed by atoms with Crippen LogP contribution in [0.25, 0.3) is 0 Å². The Morgan fingerprint density at radius 3 is 2.02 bits per heavy atom. The summed E-state index contributed by atoms with van der Waals surface area (Å²) in [5.74, 6) is -0.151. The summed E-state index contributed by atoms with van der Waals surface area (Å²) < 4.78 is 6.36.